The van der Waals surface area contributed by atoms with Crippen LogP contribution in [0.3, 0.4) is 0 Å². The topological polar surface area (TPSA) is 51.4 Å². The lowest BCUT2D eigenvalue weighted by Gasteiger charge is -2.33. The van der Waals surface area contributed by atoms with Gasteiger partial charge in [-0.1, -0.05) is 11.6 Å². The van der Waals surface area contributed by atoms with Crippen molar-refractivity contribution in [3.63, 3.8) is 0 Å². The first-order valence-electron chi connectivity index (χ1n) is 6.45. The number of nitrogens with two attached hydrogens (primary N) is 1. The maximum atomic E-state index is 6.25. The van der Waals surface area contributed by atoms with Crippen LogP contribution < -0.4 is 10.6 Å². The van der Waals surface area contributed by atoms with E-state index in [-0.39, 0.29) is 0 Å². The monoisotopic (exact) mass is 269 g/mol. The molecule has 18 heavy (non-hydrogen) atoms. The summed E-state index contributed by atoms with van der Waals surface area (Å²) in [7, 11) is 0. The van der Waals surface area contributed by atoms with Crippen LogP contribution in [-0.4, -0.2) is 30.8 Å². The molecule has 0 bridgehead atoms. The van der Waals surface area contributed by atoms with E-state index >= 15 is 0 Å². The normalized spacial score (nSPS) is 17.2. The Labute approximate surface area is 113 Å². The molecule has 2 rings (SSSR count). The summed E-state index contributed by atoms with van der Waals surface area (Å²) in [4.78, 5) is 6.64. The van der Waals surface area contributed by atoms with Gasteiger partial charge >= 0.3 is 0 Å². The molecule has 2 heterocycles. The quantitative estimate of drug-likeness (QED) is 0.910. The molecule has 0 aliphatic carbocycles. The predicted molar refractivity (Wildman–Crippen MR) is 74.0 cm³/mol. The molecule has 4 nitrogen and oxygen atoms in total. The zero-order valence-electron chi connectivity index (χ0n) is 10.7. The maximum Gasteiger partial charge on any atom is 0.147 e. The Hall–Kier alpha value is -0.840. The first-order chi connectivity index (χ1) is 8.74. The summed E-state index contributed by atoms with van der Waals surface area (Å²) in [6.07, 6.45) is 4.25. The highest BCUT2D eigenvalue weighted by molar-refractivity contribution is 6.33. The third-order valence-electron chi connectivity index (χ3n) is 3.26. The molecular weight excluding hydrogens is 250 g/mol. The van der Waals surface area contributed by atoms with Crippen LogP contribution in [0.25, 0.3) is 0 Å². The standard InChI is InChI=1S/C13H20ClN3O/c1-2-18-11-3-5-17(6-4-11)13-12(14)7-10(8-15)9-16-13/h7,9,11H,2-6,8,15H2,1H3. The lowest BCUT2D eigenvalue weighted by Crippen LogP contribution is -2.37. The number of aromatic nitrogens is 1. The molecule has 1 aromatic rings. The fourth-order valence-corrected chi connectivity index (χ4v) is 2.59. The summed E-state index contributed by atoms with van der Waals surface area (Å²) >= 11 is 6.25. The summed E-state index contributed by atoms with van der Waals surface area (Å²) in [6.45, 7) is 5.18. The lowest BCUT2D eigenvalue weighted by molar-refractivity contribution is 0.0458. The number of nitrogens with zero attached hydrogens (tertiary/aromatic N) is 2. The fraction of sp³-hybridized carbons (Fsp3) is 0.615. The molecule has 5 heteroatoms. The van der Waals surface area contributed by atoms with Crippen molar-refractivity contribution in [2.45, 2.75) is 32.4 Å². The van der Waals surface area contributed by atoms with Crippen LogP contribution in [0, 0.1) is 0 Å². The highest BCUT2D eigenvalue weighted by Gasteiger charge is 2.21. The smallest absolute Gasteiger partial charge is 0.147 e. The van der Waals surface area contributed by atoms with Gasteiger partial charge in [-0.2, -0.15) is 0 Å². The number of hydrogen-bond donors (Lipinski definition) is 1. The second kappa shape index (κ2) is 6.36. The molecule has 1 fully saturated rings. The summed E-state index contributed by atoms with van der Waals surface area (Å²) in [5, 5.41) is 0.688. The van der Waals surface area contributed by atoms with E-state index in [1.807, 2.05) is 13.0 Å². The summed E-state index contributed by atoms with van der Waals surface area (Å²) in [6, 6.07) is 1.90. The Balaban J connectivity index is 2.01. The van der Waals surface area contributed by atoms with Gasteiger partial charge in [-0.25, -0.2) is 4.98 Å². The summed E-state index contributed by atoms with van der Waals surface area (Å²) < 4.78 is 5.64. The summed E-state index contributed by atoms with van der Waals surface area (Å²) in [5.74, 6) is 0.865. The zero-order valence-corrected chi connectivity index (χ0v) is 11.5. The van der Waals surface area contributed by atoms with Crippen molar-refractivity contribution in [1.29, 1.82) is 0 Å². The Bertz CT molecular complexity index is 392. The lowest BCUT2D eigenvalue weighted by atomic mass is 10.1. The van der Waals surface area contributed by atoms with Gasteiger partial charge in [-0.15, -0.1) is 0 Å². The van der Waals surface area contributed by atoms with E-state index in [0.29, 0.717) is 17.7 Å². The van der Waals surface area contributed by atoms with Gasteiger partial charge in [0.15, 0.2) is 0 Å². The summed E-state index contributed by atoms with van der Waals surface area (Å²) in [5.41, 5.74) is 6.54. The minimum absolute atomic E-state index is 0.383. The molecule has 0 saturated carbocycles. The van der Waals surface area contributed by atoms with Crippen LogP contribution >= 0.6 is 11.6 Å². The second-order valence-corrected chi connectivity index (χ2v) is 4.90. The van der Waals surface area contributed by atoms with Crippen molar-refractivity contribution in [2.75, 3.05) is 24.6 Å². The number of anilines is 1. The largest absolute Gasteiger partial charge is 0.378 e. The van der Waals surface area contributed by atoms with Gasteiger partial charge in [0.05, 0.1) is 11.1 Å². The van der Waals surface area contributed by atoms with Gasteiger partial charge in [0.2, 0.25) is 0 Å². The Kier molecular flexibility index (Phi) is 4.80. The van der Waals surface area contributed by atoms with E-state index < -0.39 is 0 Å². The molecule has 0 radical (unpaired) electrons. The molecule has 0 aromatic carbocycles. The molecule has 0 amide bonds. The van der Waals surface area contributed by atoms with Crippen molar-refractivity contribution in [2.24, 2.45) is 5.73 Å². The average molecular weight is 270 g/mol. The Morgan fingerprint density at radius 2 is 2.22 bits per heavy atom. The van der Waals surface area contributed by atoms with E-state index in [0.717, 1.165) is 43.9 Å². The van der Waals surface area contributed by atoms with Gasteiger partial charge in [-0.3, -0.25) is 0 Å². The van der Waals surface area contributed by atoms with Crippen molar-refractivity contribution in [1.82, 2.24) is 4.98 Å². The number of rotatable bonds is 4. The predicted octanol–water partition coefficient (Wildman–Crippen LogP) is 2.20. The van der Waals surface area contributed by atoms with Crippen molar-refractivity contribution < 1.29 is 4.74 Å². The number of ether oxygens (including phenoxy) is 1. The van der Waals surface area contributed by atoms with Gasteiger partial charge < -0.3 is 15.4 Å². The number of piperidine rings is 1. The van der Waals surface area contributed by atoms with E-state index in [2.05, 4.69) is 9.88 Å². The molecule has 0 unspecified atom stereocenters. The highest BCUT2D eigenvalue weighted by atomic mass is 35.5. The average Bonchev–Trinajstić information content (AvgIpc) is 2.40. The van der Waals surface area contributed by atoms with E-state index in [1.165, 1.54) is 0 Å². The van der Waals surface area contributed by atoms with Crippen molar-refractivity contribution >= 4 is 17.4 Å². The molecule has 0 spiro atoms. The van der Waals surface area contributed by atoms with E-state index in [1.54, 1.807) is 6.20 Å². The van der Waals surface area contributed by atoms with Crippen LogP contribution in [0.5, 0.6) is 0 Å². The van der Waals surface area contributed by atoms with Crippen LogP contribution in [-0.2, 0) is 11.3 Å². The molecule has 1 aliphatic rings. The number of hydrogen-bond acceptors (Lipinski definition) is 4. The van der Waals surface area contributed by atoms with Crippen LogP contribution in [0.1, 0.15) is 25.3 Å². The van der Waals surface area contributed by atoms with Crippen LogP contribution in [0.15, 0.2) is 12.3 Å². The molecule has 1 aliphatic heterocycles. The third-order valence-corrected chi connectivity index (χ3v) is 3.54. The molecule has 2 N–H and O–H groups in total. The van der Waals surface area contributed by atoms with Crippen LogP contribution in [0.4, 0.5) is 5.82 Å². The van der Waals surface area contributed by atoms with Gasteiger partial charge in [0.25, 0.3) is 0 Å². The van der Waals surface area contributed by atoms with E-state index in [4.69, 9.17) is 22.1 Å². The first kappa shape index (κ1) is 13.6. The van der Waals surface area contributed by atoms with Crippen molar-refractivity contribution in [3.05, 3.63) is 22.8 Å². The van der Waals surface area contributed by atoms with Crippen molar-refractivity contribution in [3.8, 4) is 0 Å². The minimum atomic E-state index is 0.383. The first-order valence-corrected chi connectivity index (χ1v) is 6.83. The van der Waals surface area contributed by atoms with Crippen LogP contribution in [0.2, 0.25) is 5.02 Å². The third kappa shape index (κ3) is 3.13. The second-order valence-electron chi connectivity index (χ2n) is 4.49. The molecule has 1 saturated heterocycles. The van der Waals surface area contributed by atoms with Gasteiger partial charge in [0.1, 0.15) is 5.82 Å². The number of pyridine rings is 1. The van der Waals surface area contributed by atoms with Gasteiger partial charge in [0, 0.05) is 32.4 Å². The Morgan fingerprint density at radius 3 is 2.78 bits per heavy atom. The fourth-order valence-electron chi connectivity index (χ4n) is 2.28. The minimum Gasteiger partial charge on any atom is -0.378 e. The maximum absolute atomic E-state index is 6.25. The number of halogens is 1. The Morgan fingerprint density at radius 1 is 1.50 bits per heavy atom. The zero-order chi connectivity index (χ0) is 13.0. The molecular formula is C13H20ClN3O. The van der Waals surface area contributed by atoms with E-state index in [9.17, 15) is 0 Å². The molecule has 0 atom stereocenters. The SMILES string of the molecule is CCOC1CCN(c2ncc(CN)cc2Cl)CC1. The van der Waals surface area contributed by atoms with Gasteiger partial charge in [-0.05, 0) is 31.4 Å². The highest BCUT2D eigenvalue weighted by Crippen LogP contribution is 2.27. The molecule has 1 aromatic heterocycles. The molecule has 100 valence electrons.